The second kappa shape index (κ2) is 6.00. The molecule has 118 valence electrons. The Kier molecular flexibility index (Phi) is 4.67. The van der Waals surface area contributed by atoms with Crippen LogP contribution in [-0.2, 0) is 5.54 Å². The SMILES string of the molecule is COc1cc(C)cc(C)c1C1(N)CC(C)CCC1C(C)C. The fourth-order valence-electron chi connectivity index (χ4n) is 4.45. The minimum atomic E-state index is -0.269. The van der Waals surface area contributed by atoms with E-state index in [-0.39, 0.29) is 5.54 Å². The smallest absolute Gasteiger partial charge is 0.124 e. The van der Waals surface area contributed by atoms with E-state index in [0.717, 1.165) is 12.2 Å². The van der Waals surface area contributed by atoms with E-state index in [2.05, 4.69) is 46.8 Å². The minimum absolute atomic E-state index is 0.269. The number of hydrogen-bond acceptors (Lipinski definition) is 2. The van der Waals surface area contributed by atoms with Gasteiger partial charge in [0.1, 0.15) is 5.75 Å². The van der Waals surface area contributed by atoms with Crippen molar-refractivity contribution < 1.29 is 4.74 Å². The van der Waals surface area contributed by atoms with Gasteiger partial charge in [0.15, 0.2) is 0 Å². The maximum absolute atomic E-state index is 7.06. The molecule has 1 aromatic carbocycles. The maximum atomic E-state index is 7.06. The first-order valence-electron chi connectivity index (χ1n) is 8.24. The van der Waals surface area contributed by atoms with Crippen LogP contribution in [0.25, 0.3) is 0 Å². The van der Waals surface area contributed by atoms with E-state index in [1.54, 1.807) is 7.11 Å². The van der Waals surface area contributed by atoms with Crippen LogP contribution in [0, 0.1) is 31.6 Å². The highest BCUT2D eigenvalue weighted by Crippen LogP contribution is 2.49. The highest BCUT2D eigenvalue weighted by molar-refractivity contribution is 5.48. The van der Waals surface area contributed by atoms with Gasteiger partial charge < -0.3 is 10.5 Å². The molecule has 2 nitrogen and oxygen atoms in total. The zero-order valence-electron chi connectivity index (χ0n) is 14.5. The predicted molar refractivity (Wildman–Crippen MR) is 89.7 cm³/mol. The standard InChI is InChI=1S/C19H31NO/c1-12(2)16-8-7-13(3)11-19(16,20)18-15(5)9-14(4)10-17(18)21-6/h9-10,12-13,16H,7-8,11,20H2,1-6H3. The summed E-state index contributed by atoms with van der Waals surface area (Å²) >= 11 is 0. The molecule has 0 aliphatic heterocycles. The summed E-state index contributed by atoms with van der Waals surface area (Å²) in [5.41, 5.74) is 10.5. The van der Waals surface area contributed by atoms with Crippen molar-refractivity contribution in [3.05, 3.63) is 28.8 Å². The van der Waals surface area contributed by atoms with Crippen molar-refractivity contribution in [2.75, 3.05) is 7.11 Å². The third kappa shape index (κ3) is 2.96. The predicted octanol–water partition coefficient (Wildman–Crippen LogP) is 4.56. The van der Waals surface area contributed by atoms with E-state index in [4.69, 9.17) is 10.5 Å². The summed E-state index contributed by atoms with van der Waals surface area (Å²) in [5.74, 6) is 2.75. The molecule has 1 aliphatic carbocycles. The van der Waals surface area contributed by atoms with Crippen molar-refractivity contribution in [2.24, 2.45) is 23.5 Å². The number of rotatable bonds is 3. The lowest BCUT2D eigenvalue weighted by Gasteiger charge is -2.47. The van der Waals surface area contributed by atoms with Crippen molar-refractivity contribution in [1.29, 1.82) is 0 Å². The topological polar surface area (TPSA) is 35.2 Å². The Morgan fingerprint density at radius 3 is 2.48 bits per heavy atom. The Morgan fingerprint density at radius 1 is 1.24 bits per heavy atom. The molecular weight excluding hydrogens is 258 g/mol. The molecule has 1 fully saturated rings. The lowest BCUT2D eigenvalue weighted by Crippen LogP contribution is -2.50. The van der Waals surface area contributed by atoms with Crippen molar-refractivity contribution in [1.82, 2.24) is 0 Å². The van der Waals surface area contributed by atoms with E-state index < -0.39 is 0 Å². The largest absolute Gasteiger partial charge is 0.496 e. The molecule has 3 unspecified atom stereocenters. The van der Waals surface area contributed by atoms with E-state index in [0.29, 0.717) is 17.8 Å². The quantitative estimate of drug-likeness (QED) is 0.885. The molecule has 0 amide bonds. The van der Waals surface area contributed by atoms with Gasteiger partial charge in [-0.1, -0.05) is 33.3 Å². The van der Waals surface area contributed by atoms with Gasteiger partial charge >= 0.3 is 0 Å². The second-order valence-corrected chi connectivity index (χ2v) is 7.44. The van der Waals surface area contributed by atoms with Gasteiger partial charge in [-0.05, 0) is 61.6 Å². The molecule has 1 aromatic rings. The number of hydrogen-bond donors (Lipinski definition) is 1. The van der Waals surface area contributed by atoms with Crippen LogP contribution in [0.2, 0.25) is 0 Å². The lowest BCUT2D eigenvalue weighted by molar-refractivity contribution is 0.105. The lowest BCUT2D eigenvalue weighted by atomic mass is 9.62. The van der Waals surface area contributed by atoms with Crippen LogP contribution >= 0.6 is 0 Å². The van der Waals surface area contributed by atoms with Gasteiger partial charge in [0.05, 0.1) is 7.11 Å². The van der Waals surface area contributed by atoms with Crippen LogP contribution in [0.1, 0.15) is 56.7 Å². The molecule has 21 heavy (non-hydrogen) atoms. The summed E-state index contributed by atoms with van der Waals surface area (Å²) in [6.45, 7) is 11.2. The van der Waals surface area contributed by atoms with Crippen LogP contribution in [0.4, 0.5) is 0 Å². The van der Waals surface area contributed by atoms with Crippen molar-refractivity contribution in [3.8, 4) is 5.75 Å². The molecule has 0 aromatic heterocycles. The molecule has 1 aliphatic rings. The summed E-state index contributed by atoms with van der Waals surface area (Å²) in [6.07, 6.45) is 3.55. The van der Waals surface area contributed by atoms with Crippen molar-refractivity contribution >= 4 is 0 Å². The van der Waals surface area contributed by atoms with Crippen LogP contribution < -0.4 is 10.5 Å². The molecule has 1 saturated carbocycles. The van der Waals surface area contributed by atoms with Crippen LogP contribution in [0.3, 0.4) is 0 Å². The highest BCUT2D eigenvalue weighted by Gasteiger charge is 2.44. The zero-order valence-corrected chi connectivity index (χ0v) is 14.5. The molecular formula is C19H31NO. The van der Waals surface area contributed by atoms with Gasteiger partial charge in [0.25, 0.3) is 0 Å². The molecule has 2 rings (SSSR count). The van der Waals surface area contributed by atoms with E-state index in [1.165, 1.54) is 29.5 Å². The molecule has 0 radical (unpaired) electrons. The third-order valence-electron chi connectivity index (χ3n) is 5.25. The monoisotopic (exact) mass is 289 g/mol. The summed E-state index contributed by atoms with van der Waals surface area (Å²) in [7, 11) is 1.76. The van der Waals surface area contributed by atoms with Gasteiger partial charge in [-0.15, -0.1) is 0 Å². The Bertz CT molecular complexity index is 509. The average molecular weight is 289 g/mol. The van der Waals surface area contributed by atoms with Gasteiger partial charge in [-0.2, -0.15) is 0 Å². The zero-order chi connectivity index (χ0) is 15.8. The number of aryl methyl sites for hydroxylation is 2. The van der Waals surface area contributed by atoms with Crippen molar-refractivity contribution in [3.63, 3.8) is 0 Å². The Balaban J connectivity index is 2.59. The van der Waals surface area contributed by atoms with E-state index in [9.17, 15) is 0 Å². The van der Waals surface area contributed by atoms with Crippen LogP contribution in [0.15, 0.2) is 12.1 Å². The minimum Gasteiger partial charge on any atom is -0.496 e. The number of nitrogens with two attached hydrogens (primary N) is 1. The number of methoxy groups -OCH3 is 1. The summed E-state index contributed by atoms with van der Waals surface area (Å²) < 4.78 is 5.71. The van der Waals surface area contributed by atoms with E-state index >= 15 is 0 Å². The summed E-state index contributed by atoms with van der Waals surface area (Å²) in [4.78, 5) is 0. The van der Waals surface area contributed by atoms with Gasteiger partial charge in [0, 0.05) is 11.1 Å². The maximum Gasteiger partial charge on any atom is 0.124 e. The first-order chi connectivity index (χ1) is 9.79. The molecule has 3 atom stereocenters. The number of ether oxygens (including phenoxy) is 1. The van der Waals surface area contributed by atoms with E-state index in [1.807, 2.05) is 0 Å². The molecule has 2 N–H and O–H groups in total. The molecule has 0 heterocycles. The number of benzene rings is 1. The summed E-state index contributed by atoms with van der Waals surface area (Å²) in [6, 6.07) is 4.37. The molecule has 0 bridgehead atoms. The Morgan fingerprint density at radius 2 is 1.90 bits per heavy atom. The third-order valence-corrected chi connectivity index (χ3v) is 5.25. The Hall–Kier alpha value is -1.02. The molecule has 0 spiro atoms. The fraction of sp³-hybridized carbons (Fsp3) is 0.684. The fourth-order valence-corrected chi connectivity index (χ4v) is 4.45. The molecule has 0 saturated heterocycles. The first-order valence-corrected chi connectivity index (χ1v) is 8.24. The normalized spacial score (nSPS) is 29.7. The van der Waals surface area contributed by atoms with Gasteiger partial charge in [0.2, 0.25) is 0 Å². The summed E-state index contributed by atoms with van der Waals surface area (Å²) in [5, 5.41) is 0. The average Bonchev–Trinajstić information content (AvgIpc) is 2.36. The Labute approximate surface area is 130 Å². The van der Waals surface area contributed by atoms with Crippen LogP contribution in [0.5, 0.6) is 5.75 Å². The van der Waals surface area contributed by atoms with Gasteiger partial charge in [-0.3, -0.25) is 0 Å². The van der Waals surface area contributed by atoms with Crippen LogP contribution in [-0.4, -0.2) is 7.11 Å². The second-order valence-electron chi connectivity index (χ2n) is 7.44. The highest BCUT2D eigenvalue weighted by atomic mass is 16.5. The first kappa shape index (κ1) is 16.4. The molecule has 2 heteroatoms. The van der Waals surface area contributed by atoms with Crippen molar-refractivity contribution in [2.45, 2.75) is 59.4 Å². The van der Waals surface area contributed by atoms with Gasteiger partial charge in [-0.25, -0.2) is 0 Å².